The van der Waals surface area contributed by atoms with E-state index in [9.17, 15) is 0 Å². The van der Waals surface area contributed by atoms with Gasteiger partial charge in [0.2, 0.25) is 0 Å². The monoisotopic (exact) mass is 167 g/mol. The third kappa shape index (κ3) is 1.32. The van der Waals surface area contributed by atoms with Crippen LogP contribution in [0.2, 0.25) is 0 Å². The molecule has 2 heterocycles. The van der Waals surface area contributed by atoms with Crippen LogP contribution >= 0.6 is 11.8 Å². The number of hydrogen-bond donors (Lipinski definition) is 1. The van der Waals surface area contributed by atoms with Crippen LogP contribution < -0.4 is 0 Å². The second-order valence-electron chi connectivity index (χ2n) is 2.95. The summed E-state index contributed by atoms with van der Waals surface area (Å²) in [4.78, 5) is 3.47. The summed E-state index contributed by atoms with van der Waals surface area (Å²) in [7, 11) is 0. The predicted molar refractivity (Wildman–Crippen MR) is 50.0 cm³/mol. The molecule has 0 radical (unpaired) electrons. The van der Waals surface area contributed by atoms with Gasteiger partial charge in [-0.2, -0.15) is 11.8 Å². The van der Waals surface area contributed by atoms with E-state index in [1.807, 2.05) is 11.8 Å². The summed E-state index contributed by atoms with van der Waals surface area (Å²) in [5.41, 5.74) is 4.43. The zero-order chi connectivity index (χ0) is 7.68. The topological polar surface area (TPSA) is 15.8 Å². The maximum Gasteiger partial charge on any atom is 0.0202 e. The summed E-state index contributed by atoms with van der Waals surface area (Å²) in [6.07, 6.45) is 2.37. The Kier molecular flexibility index (Phi) is 1.95. The summed E-state index contributed by atoms with van der Waals surface area (Å²) in [6.45, 7) is 2.20. The highest BCUT2D eigenvalue weighted by atomic mass is 32.2. The van der Waals surface area contributed by atoms with Gasteiger partial charge in [0, 0.05) is 17.1 Å². The van der Waals surface area contributed by atoms with Gasteiger partial charge >= 0.3 is 0 Å². The normalized spacial score (nSPS) is 16.5. The minimum absolute atomic E-state index is 1.14. The SMILES string of the molecule is CCc1cc2c([nH]1)CCSC2. The molecule has 0 aromatic carbocycles. The van der Waals surface area contributed by atoms with Crippen LogP contribution in [0.4, 0.5) is 0 Å². The maximum atomic E-state index is 3.47. The largest absolute Gasteiger partial charge is 0.362 e. The first-order chi connectivity index (χ1) is 5.40. The molecule has 2 heteroatoms. The smallest absolute Gasteiger partial charge is 0.0202 e. The summed E-state index contributed by atoms with van der Waals surface area (Å²) in [6, 6.07) is 2.32. The quantitative estimate of drug-likeness (QED) is 0.679. The van der Waals surface area contributed by atoms with Gasteiger partial charge in [0.25, 0.3) is 0 Å². The van der Waals surface area contributed by atoms with Gasteiger partial charge in [-0.05, 0) is 30.2 Å². The van der Waals surface area contributed by atoms with Crippen molar-refractivity contribution in [2.75, 3.05) is 5.75 Å². The summed E-state index contributed by atoms with van der Waals surface area (Å²) < 4.78 is 0. The molecule has 0 bridgehead atoms. The van der Waals surface area contributed by atoms with Crippen molar-refractivity contribution >= 4 is 11.8 Å². The maximum absolute atomic E-state index is 3.47. The lowest BCUT2D eigenvalue weighted by Crippen LogP contribution is -1.99. The van der Waals surface area contributed by atoms with Gasteiger partial charge in [0.15, 0.2) is 0 Å². The molecule has 1 aromatic rings. The fourth-order valence-corrected chi connectivity index (χ4v) is 2.48. The number of aryl methyl sites for hydroxylation is 2. The van der Waals surface area contributed by atoms with Crippen molar-refractivity contribution in [3.8, 4) is 0 Å². The Bertz CT molecular complexity index is 229. The number of thioether (sulfide) groups is 1. The summed E-state index contributed by atoms with van der Waals surface area (Å²) in [5.74, 6) is 2.50. The van der Waals surface area contributed by atoms with Crippen LogP contribution in [0.3, 0.4) is 0 Å². The Balaban J connectivity index is 2.32. The average molecular weight is 167 g/mol. The minimum Gasteiger partial charge on any atom is -0.362 e. The molecule has 11 heavy (non-hydrogen) atoms. The number of hydrogen-bond acceptors (Lipinski definition) is 1. The Morgan fingerprint density at radius 2 is 2.55 bits per heavy atom. The number of aromatic amines is 1. The number of nitrogens with one attached hydrogen (secondary N) is 1. The van der Waals surface area contributed by atoms with Crippen molar-refractivity contribution in [2.45, 2.75) is 25.5 Å². The summed E-state index contributed by atoms with van der Waals surface area (Å²) in [5, 5.41) is 0. The Labute approximate surface area is 71.6 Å². The van der Waals surface area contributed by atoms with Crippen LogP contribution in [0, 0.1) is 0 Å². The van der Waals surface area contributed by atoms with Crippen molar-refractivity contribution in [1.82, 2.24) is 4.98 Å². The molecule has 0 amide bonds. The second kappa shape index (κ2) is 2.94. The van der Waals surface area contributed by atoms with E-state index in [0.29, 0.717) is 0 Å². The Morgan fingerprint density at radius 3 is 3.27 bits per heavy atom. The Morgan fingerprint density at radius 1 is 1.64 bits per heavy atom. The molecule has 1 aromatic heterocycles. The van der Waals surface area contributed by atoms with E-state index < -0.39 is 0 Å². The van der Waals surface area contributed by atoms with Crippen LogP contribution in [-0.4, -0.2) is 10.7 Å². The molecule has 1 N–H and O–H groups in total. The van der Waals surface area contributed by atoms with E-state index in [1.54, 1.807) is 0 Å². The lowest BCUT2D eigenvalue weighted by atomic mass is 10.2. The molecule has 0 saturated heterocycles. The van der Waals surface area contributed by atoms with Crippen LogP contribution in [-0.2, 0) is 18.6 Å². The minimum atomic E-state index is 1.14. The van der Waals surface area contributed by atoms with Gasteiger partial charge in [-0.3, -0.25) is 0 Å². The third-order valence-corrected chi connectivity index (χ3v) is 3.19. The van der Waals surface area contributed by atoms with Gasteiger partial charge in [0.05, 0.1) is 0 Å². The zero-order valence-electron chi connectivity index (χ0n) is 6.81. The van der Waals surface area contributed by atoms with Gasteiger partial charge in [-0.1, -0.05) is 6.92 Å². The zero-order valence-corrected chi connectivity index (χ0v) is 7.63. The van der Waals surface area contributed by atoms with Crippen LogP contribution in [0.5, 0.6) is 0 Å². The van der Waals surface area contributed by atoms with Crippen molar-refractivity contribution in [3.05, 3.63) is 23.0 Å². The average Bonchev–Trinajstić information content (AvgIpc) is 2.46. The molecule has 0 spiro atoms. The van der Waals surface area contributed by atoms with Gasteiger partial charge < -0.3 is 4.98 Å². The van der Waals surface area contributed by atoms with Crippen molar-refractivity contribution < 1.29 is 0 Å². The molecule has 1 nitrogen and oxygen atoms in total. The molecular formula is C9H13NS. The van der Waals surface area contributed by atoms with Gasteiger partial charge in [-0.25, -0.2) is 0 Å². The first-order valence-electron chi connectivity index (χ1n) is 4.17. The highest BCUT2D eigenvalue weighted by molar-refractivity contribution is 7.98. The first-order valence-corrected chi connectivity index (χ1v) is 5.33. The fourth-order valence-electron chi connectivity index (χ4n) is 1.51. The summed E-state index contributed by atoms with van der Waals surface area (Å²) >= 11 is 2.04. The predicted octanol–water partition coefficient (Wildman–Crippen LogP) is 2.37. The van der Waals surface area contributed by atoms with E-state index >= 15 is 0 Å². The highest BCUT2D eigenvalue weighted by Gasteiger charge is 2.11. The van der Waals surface area contributed by atoms with E-state index in [2.05, 4.69) is 18.0 Å². The van der Waals surface area contributed by atoms with Crippen LogP contribution in [0.25, 0.3) is 0 Å². The molecule has 0 fully saturated rings. The van der Waals surface area contributed by atoms with Crippen LogP contribution in [0.1, 0.15) is 23.9 Å². The third-order valence-electron chi connectivity index (χ3n) is 2.18. The molecule has 0 atom stereocenters. The number of aromatic nitrogens is 1. The molecule has 1 aliphatic heterocycles. The van der Waals surface area contributed by atoms with Crippen molar-refractivity contribution in [2.24, 2.45) is 0 Å². The fraction of sp³-hybridized carbons (Fsp3) is 0.556. The van der Waals surface area contributed by atoms with Gasteiger partial charge in [0.1, 0.15) is 0 Å². The van der Waals surface area contributed by atoms with Crippen molar-refractivity contribution in [1.29, 1.82) is 0 Å². The number of H-pyrrole nitrogens is 1. The van der Waals surface area contributed by atoms with E-state index in [4.69, 9.17) is 0 Å². The molecule has 1 aliphatic rings. The second-order valence-corrected chi connectivity index (χ2v) is 4.06. The molecule has 2 rings (SSSR count). The lowest BCUT2D eigenvalue weighted by molar-refractivity contribution is 0.984. The molecular weight excluding hydrogens is 154 g/mol. The number of fused-ring (bicyclic) bond motifs is 1. The Hall–Kier alpha value is -0.370. The molecule has 0 saturated carbocycles. The van der Waals surface area contributed by atoms with Crippen molar-refractivity contribution in [3.63, 3.8) is 0 Å². The van der Waals surface area contributed by atoms with Crippen LogP contribution in [0.15, 0.2) is 6.07 Å². The molecule has 0 unspecified atom stereocenters. The van der Waals surface area contributed by atoms with E-state index in [0.717, 1.165) is 6.42 Å². The van der Waals surface area contributed by atoms with E-state index in [1.165, 1.54) is 34.9 Å². The first kappa shape index (κ1) is 7.29. The van der Waals surface area contributed by atoms with Gasteiger partial charge in [-0.15, -0.1) is 0 Å². The number of rotatable bonds is 1. The highest BCUT2D eigenvalue weighted by Crippen LogP contribution is 2.24. The van der Waals surface area contributed by atoms with E-state index in [-0.39, 0.29) is 0 Å². The molecule has 60 valence electrons. The standard InChI is InChI=1S/C9H13NS/c1-2-8-5-7-6-11-4-3-9(7)10-8/h5,10H,2-4,6H2,1H3. The lowest BCUT2D eigenvalue weighted by Gasteiger charge is -2.08. The molecule has 0 aliphatic carbocycles.